The maximum absolute atomic E-state index is 11.7. The van der Waals surface area contributed by atoms with Crippen molar-refractivity contribution < 1.29 is 23.1 Å². The highest BCUT2D eigenvalue weighted by molar-refractivity contribution is 7.90. The number of sulfone groups is 1. The normalized spacial score (nSPS) is 13.0. The van der Waals surface area contributed by atoms with Gasteiger partial charge < -0.3 is 20.9 Å². The molecule has 106 valence electrons. The van der Waals surface area contributed by atoms with Crippen LogP contribution in [0, 0.1) is 0 Å². The van der Waals surface area contributed by atoms with Gasteiger partial charge in [0.1, 0.15) is 11.9 Å². The van der Waals surface area contributed by atoms with Gasteiger partial charge in [-0.25, -0.2) is 8.42 Å². The Morgan fingerprint density at radius 1 is 1.53 bits per heavy atom. The van der Waals surface area contributed by atoms with E-state index in [2.05, 4.69) is 5.32 Å². The zero-order chi connectivity index (χ0) is 14.6. The molecule has 1 unspecified atom stereocenters. The number of phenols is 1. The third-order valence-electron chi connectivity index (χ3n) is 2.45. The summed E-state index contributed by atoms with van der Waals surface area (Å²) in [6.45, 7) is -0.0329. The first-order valence-corrected chi connectivity index (χ1v) is 7.25. The molecule has 1 rings (SSSR count). The van der Waals surface area contributed by atoms with Crippen molar-refractivity contribution in [3.05, 3.63) is 18.2 Å². The van der Waals surface area contributed by atoms with Gasteiger partial charge in [0.05, 0.1) is 10.6 Å². The fraction of sp³-hybridized carbons (Fsp3) is 0.364. The molecule has 0 aliphatic carbocycles. The van der Waals surface area contributed by atoms with Crippen molar-refractivity contribution in [2.75, 3.05) is 25.2 Å². The molecule has 0 aliphatic rings. The van der Waals surface area contributed by atoms with E-state index in [1.54, 1.807) is 0 Å². The van der Waals surface area contributed by atoms with Gasteiger partial charge >= 0.3 is 0 Å². The average molecular weight is 288 g/mol. The number of hydrogen-bond acceptors (Lipinski definition) is 6. The molecular weight excluding hydrogens is 272 g/mol. The van der Waals surface area contributed by atoms with E-state index in [4.69, 9.17) is 10.5 Å². The smallest absolute Gasteiger partial charge is 0.254 e. The number of carbonyl (C=O) groups excluding carboxylic acids is 1. The molecule has 0 bridgehead atoms. The zero-order valence-electron chi connectivity index (χ0n) is 10.6. The van der Waals surface area contributed by atoms with Crippen LogP contribution >= 0.6 is 0 Å². The minimum Gasteiger partial charge on any atom is -0.506 e. The van der Waals surface area contributed by atoms with Gasteiger partial charge in [-0.1, -0.05) is 0 Å². The molecule has 0 saturated heterocycles. The van der Waals surface area contributed by atoms with Crippen molar-refractivity contribution in [2.45, 2.75) is 11.0 Å². The van der Waals surface area contributed by atoms with E-state index < -0.39 is 21.8 Å². The van der Waals surface area contributed by atoms with Crippen LogP contribution < -0.4 is 11.1 Å². The highest BCUT2D eigenvalue weighted by Gasteiger charge is 2.18. The Balaban J connectivity index is 3.04. The first-order valence-electron chi connectivity index (χ1n) is 5.36. The predicted octanol–water partition coefficient (Wildman–Crippen LogP) is -0.292. The van der Waals surface area contributed by atoms with Gasteiger partial charge in [-0.15, -0.1) is 0 Å². The summed E-state index contributed by atoms with van der Waals surface area (Å²) in [5, 5.41) is 12.0. The van der Waals surface area contributed by atoms with Gasteiger partial charge in [-0.3, -0.25) is 4.79 Å². The molecule has 0 fully saturated rings. The summed E-state index contributed by atoms with van der Waals surface area (Å²) < 4.78 is 27.6. The molecule has 1 amide bonds. The fourth-order valence-corrected chi connectivity index (χ4v) is 2.02. The molecule has 1 aromatic carbocycles. The minimum absolute atomic E-state index is 0.0107. The van der Waals surface area contributed by atoms with Crippen LogP contribution in [0.3, 0.4) is 0 Å². The standard InChI is InChI=1S/C11H16N2O5S/c1-18-10(6-12)11(15)13-8-5-7(19(2,16)17)3-4-9(8)14/h3-5,10,14H,6,12H2,1-2H3,(H,13,15). The van der Waals surface area contributed by atoms with Crippen molar-refractivity contribution in [3.8, 4) is 5.75 Å². The second-order valence-electron chi connectivity index (χ2n) is 3.90. The van der Waals surface area contributed by atoms with E-state index in [1.165, 1.54) is 25.3 Å². The molecule has 19 heavy (non-hydrogen) atoms. The monoisotopic (exact) mass is 288 g/mol. The van der Waals surface area contributed by atoms with Crippen LogP contribution in [0.25, 0.3) is 0 Å². The summed E-state index contributed by atoms with van der Waals surface area (Å²) in [6.07, 6.45) is 0.157. The number of nitrogens with one attached hydrogen (secondary N) is 1. The van der Waals surface area contributed by atoms with Crippen LogP contribution in [-0.2, 0) is 19.4 Å². The van der Waals surface area contributed by atoms with E-state index in [-0.39, 0.29) is 22.9 Å². The highest BCUT2D eigenvalue weighted by atomic mass is 32.2. The van der Waals surface area contributed by atoms with E-state index in [1.807, 2.05) is 0 Å². The Morgan fingerprint density at radius 2 is 2.16 bits per heavy atom. The third kappa shape index (κ3) is 3.91. The topological polar surface area (TPSA) is 119 Å². The number of aromatic hydroxyl groups is 1. The Morgan fingerprint density at radius 3 is 2.63 bits per heavy atom. The van der Waals surface area contributed by atoms with Crippen molar-refractivity contribution in [3.63, 3.8) is 0 Å². The number of methoxy groups -OCH3 is 1. The first-order chi connectivity index (χ1) is 8.79. The van der Waals surface area contributed by atoms with Crippen LogP contribution in [0.4, 0.5) is 5.69 Å². The van der Waals surface area contributed by atoms with Crippen LogP contribution in [-0.4, -0.2) is 45.4 Å². The number of hydrogen-bond donors (Lipinski definition) is 3. The van der Waals surface area contributed by atoms with Gasteiger partial charge in [-0.2, -0.15) is 0 Å². The van der Waals surface area contributed by atoms with Gasteiger partial charge in [0, 0.05) is 19.9 Å². The quantitative estimate of drug-likeness (QED) is 0.640. The SMILES string of the molecule is COC(CN)C(=O)Nc1cc(S(C)(=O)=O)ccc1O. The second-order valence-corrected chi connectivity index (χ2v) is 5.92. The van der Waals surface area contributed by atoms with Gasteiger partial charge in [0.15, 0.2) is 9.84 Å². The summed E-state index contributed by atoms with van der Waals surface area (Å²) >= 11 is 0. The van der Waals surface area contributed by atoms with Crippen LogP contribution in [0.1, 0.15) is 0 Å². The lowest BCUT2D eigenvalue weighted by molar-refractivity contribution is -0.125. The lowest BCUT2D eigenvalue weighted by atomic mass is 10.2. The summed E-state index contributed by atoms with van der Waals surface area (Å²) in [4.78, 5) is 11.7. The molecule has 0 spiro atoms. The molecule has 4 N–H and O–H groups in total. The lowest BCUT2D eigenvalue weighted by Crippen LogP contribution is -2.35. The van der Waals surface area contributed by atoms with Crippen LogP contribution in [0.5, 0.6) is 5.75 Å². The first kappa shape index (κ1) is 15.4. The number of amides is 1. The number of anilines is 1. The number of nitrogens with two attached hydrogens (primary N) is 1. The summed E-state index contributed by atoms with van der Waals surface area (Å²) in [5.74, 6) is -0.807. The highest BCUT2D eigenvalue weighted by Crippen LogP contribution is 2.26. The maximum Gasteiger partial charge on any atom is 0.254 e. The summed E-state index contributed by atoms with van der Waals surface area (Å²) in [6, 6.07) is 3.61. The predicted molar refractivity (Wildman–Crippen MR) is 69.7 cm³/mol. The number of carbonyl (C=O) groups is 1. The largest absolute Gasteiger partial charge is 0.506 e. The lowest BCUT2D eigenvalue weighted by Gasteiger charge is -2.14. The van der Waals surface area contributed by atoms with E-state index >= 15 is 0 Å². The van der Waals surface area contributed by atoms with Gasteiger partial charge in [0.2, 0.25) is 0 Å². The van der Waals surface area contributed by atoms with E-state index in [0.717, 1.165) is 6.26 Å². The third-order valence-corrected chi connectivity index (χ3v) is 3.56. The molecule has 1 aromatic rings. The summed E-state index contributed by atoms with van der Waals surface area (Å²) in [7, 11) is -2.10. The molecule has 0 heterocycles. The molecule has 0 radical (unpaired) electrons. The second kappa shape index (κ2) is 6.00. The molecular formula is C11H16N2O5S. The Bertz CT molecular complexity index is 566. The van der Waals surface area contributed by atoms with Gasteiger partial charge in [0.25, 0.3) is 5.91 Å². The number of benzene rings is 1. The molecule has 0 saturated carbocycles. The van der Waals surface area contributed by atoms with Crippen LogP contribution in [0.2, 0.25) is 0 Å². The van der Waals surface area contributed by atoms with Crippen LogP contribution in [0.15, 0.2) is 23.1 Å². The van der Waals surface area contributed by atoms with Crippen molar-refractivity contribution in [2.24, 2.45) is 5.73 Å². The molecule has 0 aromatic heterocycles. The fourth-order valence-electron chi connectivity index (χ4n) is 1.37. The molecule has 8 heteroatoms. The maximum atomic E-state index is 11.7. The Hall–Kier alpha value is -1.64. The molecule has 1 atom stereocenters. The minimum atomic E-state index is -3.43. The van der Waals surface area contributed by atoms with Crippen molar-refractivity contribution in [1.29, 1.82) is 0 Å². The van der Waals surface area contributed by atoms with E-state index in [9.17, 15) is 18.3 Å². The average Bonchev–Trinajstić information content (AvgIpc) is 2.32. The van der Waals surface area contributed by atoms with Gasteiger partial charge in [-0.05, 0) is 18.2 Å². The molecule has 7 nitrogen and oxygen atoms in total. The van der Waals surface area contributed by atoms with Crippen molar-refractivity contribution in [1.82, 2.24) is 0 Å². The number of rotatable bonds is 5. The Labute approximate surface area is 111 Å². The van der Waals surface area contributed by atoms with E-state index in [0.29, 0.717) is 0 Å². The summed E-state index contributed by atoms with van der Waals surface area (Å²) in [5.41, 5.74) is 5.32. The molecule has 0 aliphatic heterocycles. The number of phenolic OH excluding ortho intramolecular Hbond substituents is 1. The zero-order valence-corrected chi connectivity index (χ0v) is 11.4. The van der Waals surface area contributed by atoms with Crippen molar-refractivity contribution >= 4 is 21.4 Å². The number of ether oxygens (including phenoxy) is 1. The Kier molecular flexibility index (Phi) is 4.87.